The number of esters is 1. The standard InChI is InChI=1S/C11H19N3O2/c1-4-7-14-10(12)9(8(5-2)13-14)11(15)16-6-3/h4-7,12H2,1-3H3. The molecule has 0 spiro atoms. The van der Waals surface area contributed by atoms with Gasteiger partial charge in [-0.2, -0.15) is 5.10 Å². The molecule has 16 heavy (non-hydrogen) atoms. The van der Waals surface area contributed by atoms with Gasteiger partial charge in [-0.1, -0.05) is 13.8 Å². The second-order valence-corrected chi connectivity index (χ2v) is 3.50. The summed E-state index contributed by atoms with van der Waals surface area (Å²) in [6.45, 7) is 6.83. The van der Waals surface area contributed by atoms with Crippen molar-refractivity contribution in [3.05, 3.63) is 11.3 Å². The van der Waals surface area contributed by atoms with E-state index in [2.05, 4.69) is 5.10 Å². The summed E-state index contributed by atoms with van der Waals surface area (Å²) < 4.78 is 6.64. The first kappa shape index (κ1) is 12.5. The van der Waals surface area contributed by atoms with Crippen molar-refractivity contribution in [1.82, 2.24) is 9.78 Å². The van der Waals surface area contributed by atoms with Crippen molar-refractivity contribution in [1.29, 1.82) is 0 Å². The molecule has 2 N–H and O–H groups in total. The summed E-state index contributed by atoms with van der Waals surface area (Å²) in [5.74, 6) is 0.0383. The maximum absolute atomic E-state index is 11.7. The normalized spacial score (nSPS) is 10.4. The molecule has 0 unspecified atom stereocenters. The van der Waals surface area contributed by atoms with Crippen molar-refractivity contribution in [3.63, 3.8) is 0 Å². The van der Waals surface area contributed by atoms with Crippen molar-refractivity contribution in [2.24, 2.45) is 0 Å². The Morgan fingerprint density at radius 1 is 1.44 bits per heavy atom. The lowest BCUT2D eigenvalue weighted by Crippen LogP contribution is -2.10. The number of anilines is 1. The maximum atomic E-state index is 11.7. The van der Waals surface area contributed by atoms with Gasteiger partial charge in [-0.05, 0) is 19.8 Å². The lowest BCUT2D eigenvalue weighted by molar-refractivity contribution is 0.0526. The molecule has 0 saturated heterocycles. The fourth-order valence-corrected chi connectivity index (χ4v) is 1.58. The van der Waals surface area contributed by atoms with E-state index in [-0.39, 0.29) is 5.97 Å². The van der Waals surface area contributed by atoms with Crippen molar-refractivity contribution in [2.45, 2.75) is 40.2 Å². The lowest BCUT2D eigenvalue weighted by Gasteiger charge is -2.03. The molecule has 0 bridgehead atoms. The first-order valence-corrected chi connectivity index (χ1v) is 5.67. The molecule has 0 aromatic carbocycles. The van der Waals surface area contributed by atoms with Gasteiger partial charge in [0.05, 0.1) is 12.3 Å². The molecule has 0 fully saturated rings. The highest BCUT2D eigenvalue weighted by molar-refractivity contribution is 5.95. The molecule has 0 aliphatic rings. The molecule has 0 aliphatic heterocycles. The molecule has 1 rings (SSSR count). The van der Waals surface area contributed by atoms with Crippen LogP contribution in [0.3, 0.4) is 0 Å². The van der Waals surface area contributed by atoms with Gasteiger partial charge in [-0.25, -0.2) is 9.48 Å². The average Bonchev–Trinajstić information content (AvgIpc) is 2.57. The minimum atomic E-state index is -0.376. The van der Waals surface area contributed by atoms with E-state index in [0.717, 1.165) is 13.0 Å². The molecule has 0 saturated carbocycles. The molecular formula is C11H19N3O2. The van der Waals surface area contributed by atoms with E-state index in [4.69, 9.17) is 10.5 Å². The van der Waals surface area contributed by atoms with Gasteiger partial charge in [-0.15, -0.1) is 0 Å². The second-order valence-electron chi connectivity index (χ2n) is 3.50. The van der Waals surface area contributed by atoms with Crippen molar-refractivity contribution < 1.29 is 9.53 Å². The summed E-state index contributed by atoms with van der Waals surface area (Å²) in [6.07, 6.45) is 1.60. The number of hydrogen-bond acceptors (Lipinski definition) is 4. The monoisotopic (exact) mass is 225 g/mol. The zero-order valence-corrected chi connectivity index (χ0v) is 10.1. The van der Waals surface area contributed by atoms with Crippen LogP contribution in [0.5, 0.6) is 0 Å². The minimum Gasteiger partial charge on any atom is -0.462 e. The van der Waals surface area contributed by atoms with Crippen molar-refractivity contribution in [3.8, 4) is 0 Å². The molecule has 0 atom stereocenters. The van der Waals surface area contributed by atoms with Crippen LogP contribution in [0.15, 0.2) is 0 Å². The van der Waals surface area contributed by atoms with Crippen LogP contribution >= 0.6 is 0 Å². The van der Waals surface area contributed by atoms with Crippen molar-refractivity contribution >= 4 is 11.8 Å². The average molecular weight is 225 g/mol. The van der Waals surface area contributed by atoms with Crippen LogP contribution in [-0.2, 0) is 17.7 Å². The van der Waals surface area contributed by atoms with E-state index in [1.165, 1.54) is 0 Å². The Morgan fingerprint density at radius 2 is 2.12 bits per heavy atom. The van der Waals surface area contributed by atoms with E-state index >= 15 is 0 Å². The zero-order valence-electron chi connectivity index (χ0n) is 10.1. The largest absolute Gasteiger partial charge is 0.462 e. The van der Waals surface area contributed by atoms with Gasteiger partial charge in [0, 0.05) is 6.54 Å². The summed E-state index contributed by atoms with van der Waals surface area (Å²) in [7, 11) is 0. The minimum absolute atomic E-state index is 0.348. The quantitative estimate of drug-likeness (QED) is 0.773. The number of aromatic nitrogens is 2. The molecule has 5 heteroatoms. The number of nitrogens with zero attached hydrogens (tertiary/aromatic N) is 2. The van der Waals surface area contributed by atoms with Crippen molar-refractivity contribution in [2.75, 3.05) is 12.3 Å². The Hall–Kier alpha value is -1.52. The number of carbonyl (C=O) groups is 1. The Labute approximate surface area is 95.6 Å². The van der Waals surface area contributed by atoms with Gasteiger partial charge >= 0.3 is 5.97 Å². The van der Waals surface area contributed by atoms with E-state index in [0.29, 0.717) is 30.1 Å². The molecule has 1 heterocycles. The molecule has 0 aliphatic carbocycles. The molecule has 0 radical (unpaired) electrons. The van der Waals surface area contributed by atoms with E-state index < -0.39 is 0 Å². The van der Waals surface area contributed by atoms with Crippen LogP contribution < -0.4 is 5.73 Å². The predicted molar refractivity (Wildman–Crippen MR) is 62.3 cm³/mol. The van der Waals surface area contributed by atoms with E-state index in [1.54, 1.807) is 11.6 Å². The third-order valence-corrected chi connectivity index (χ3v) is 2.31. The summed E-state index contributed by atoms with van der Waals surface area (Å²) in [6, 6.07) is 0. The fourth-order valence-electron chi connectivity index (χ4n) is 1.58. The molecular weight excluding hydrogens is 206 g/mol. The van der Waals surface area contributed by atoms with Gasteiger partial charge in [0.1, 0.15) is 11.4 Å². The lowest BCUT2D eigenvalue weighted by atomic mass is 10.2. The van der Waals surface area contributed by atoms with Crippen LogP contribution in [0.1, 0.15) is 43.2 Å². The number of aryl methyl sites for hydroxylation is 2. The van der Waals surface area contributed by atoms with Crippen LogP contribution in [0, 0.1) is 0 Å². The van der Waals surface area contributed by atoms with Crippen LogP contribution in [0.4, 0.5) is 5.82 Å². The van der Waals surface area contributed by atoms with E-state index in [1.807, 2.05) is 13.8 Å². The van der Waals surface area contributed by atoms with Crippen LogP contribution in [-0.4, -0.2) is 22.4 Å². The summed E-state index contributed by atoms with van der Waals surface area (Å²) in [4.78, 5) is 11.7. The smallest absolute Gasteiger partial charge is 0.343 e. The SMILES string of the molecule is CCCn1nc(CC)c(C(=O)OCC)c1N. The van der Waals surface area contributed by atoms with Crippen LogP contribution in [0.2, 0.25) is 0 Å². The summed E-state index contributed by atoms with van der Waals surface area (Å²) >= 11 is 0. The number of rotatable bonds is 5. The number of carbonyl (C=O) groups excluding carboxylic acids is 1. The fraction of sp³-hybridized carbons (Fsp3) is 0.636. The first-order chi connectivity index (χ1) is 7.65. The Bertz CT molecular complexity index is 372. The van der Waals surface area contributed by atoms with Gasteiger partial charge in [0.2, 0.25) is 0 Å². The molecule has 0 amide bonds. The third kappa shape index (κ3) is 2.35. The van der Waals surface area contributed by atoms with Gasteiger partial charge in [0.25, 0.3) is 0 Å². The molecule has 90 valence electrons. The van der Waals surface area contributed by atoms with Crippen LogP contribution in [0.25, 0.3) is 0 Å². The third-order valence-electron chi connectivity index (χ3n) is 2.31. The van der Waals surface area contributed by atoms with Gasteiger partial charge in [-0.3, -0.25) is 0 Å². The van der Waals surface area contributed by atoms with Gasteiger partial charge in [0.15, 0.2) is 0 Å². The first-order valence-electron chi connectivity index (χ1n) is 5.67. The Balaban J connectivity index is 3.09. The molecule has 1 aromatic rings. The highest BCUT2D eigenvalue weighted by atomic mass is 16.5. The topological polar surface area (TPSA) is 70.1 Å². The Kier molecular flexibility index (Phi) is 4.34. The predicted octanol–water partition coefficient (Wildman–Crippen LogP) is 1.61. The number of nitrogens with two attached hydrogens (primary N) is 1. The Morgan fingerprint density at radius 3 is 2.62 bits per heavy atom. The summed E-state index contributed by atoms with van der Waals surface area (Å²) in [5.41, 5.74) is 7.04. The maximum Gasteiger partial charge on any atom is 0.343 e. The number of hydrogen-bond donors (Lipinski definition) is 1. The highest BCUT2D eigenvalue weighted by Gasteiger charge is 2.21. The number of ether oxygens (including phenoxy) is 1. The zero-order chi connectivity index (χ0) is 12.1. The van der Waals surface area contributed by atoms with E-state index in [9.17, 15) is 4.79 Å². The molecule has 1 aromatic heterocycles. The highest BCUT2D eigenvalue weighted by Crippen LogP contribution is 2.19. The summed E-state index contributed by atoms with van der Waals surface area (Å²) in [5, 5.41) is 4.31. The second kappa shape index (κ2) is 5.53. The van der Waals surface area contributed by atoms with Gasteiger partial charge < -0.3 is 10.5 Å². The number of nitrogen functional groups attached to an aromatic ring is 1. The molecule has 5 nitrogen and oxygen atoms in total.